The van der Waals surface area contributed by atoms with Gasteiger partial charge in [0.15, 0.2) is 0 Å². The fourth-order valence-electron chi connectivity index (χ4n) is 4.43. The molecule has 4 aromatic rings. The Kier molecular flexibility index (Phi) is 5.37. The topological polar surface area (TPSA) is 26.0 Å². The molecule has 0 N–H and O–H groups in total. The van der Waals surface area contributed by atoms with Gasteiger partial charge in [-0.1, -0.05) is 52.4 Å². The van der Waals surface area contributed by atoms with E-state index < -0.39 is 0 Å². The van der Waals surface area contributed by atoms with Crippen molar-refractivity contribution in [3.63, 3.8) is 0 Å². The van der Waals surface area contributed by atoms with Crippen LogP contribution in [0.5, 0.6) is 0 Å². The highest BCUT2D eigenvalue weighted by atomic mass is 79.9. The Balaban J connectivity index is 1.65. The second-order valence-electron chi connectivity index (χ2n) is 8.16. The van der Waals surface area contributed by atoms with E-state index in [2.05, 4.69) is 90.5 Å². The number of rotatable bonds is 3. The van der Waals surface area contributed by atoms with Crippen LogP contribution >= 0.6 is 15.9 Å². The number of pyridine rings is 1. The fraction of sp³-hybridized carbons (Fsp3) is 0.179. The van der Waals surface area contributed by atoms with Crippen LogP contribution in [0.3, 0.4) is 0 Å². The van der Waals surface area contributed by atoms with Crippen LogP contribution in [-0.2, 0) is 0 Å². The van der Waals surface area contributed by atoms with Crippen molar-refractivity contribution in [1.82, 2.24) is 4.98 Å². The van der Waals surface area contributed by atoms with Gasteiger partial charge in [-0.2, -0.15) is 0 Å². The van der Waals surface area contributed by atoms with Gasteiger partial charge < -0.3 is 4.42 Å². The van der Waals surface area contributed by atoms with E-state index in [9.17, 15) is 0 Å². The van der Waals surface area contributed by atoms with Gasteiger partial charge in [-0.3, -0.25) is 4.98 Å². The number of furan rings is 1. The lowest BCUT2D eigenvalue weighted by molar-refractivity contribution is 0.630. The average Bonchev–Trinajstić information content (AvgIpc) is 2.98. The Hall–Kier alpha value is -2.91. The molecule has 3 heteroatoms. The zero-order valence-corrected chi connectivity index (χ0v) is 19.4. The molecule has 0 spiro atoms. The summed E-state index contributed by atoms with van der Waals surface area (Å²) in [6, 6.07) is 17.0. The normalized spacial score (nSPS) is 14.0. The zero-order chi connectivity index (χ0) is 21.4. The molecule has 1 aliphatic carbocycles. The molecule has 0 radical (unpaired) electrons. The lowest BCUT2D eigenvalue weighted by atomic mass is 9.97. The van der Waals surface area contributed by atoms with Gasteiger partial charge in [0, 0.05) is 27.2 Å². The third-order valence-corrected chi connectivity index (χ3v) is 6.40. The number of hydrogen-bond donors (Lipinski definition) is 0. The van der Waals surface area contributed by atoms with E-state index in [0.29, 0.717) is 0 Å². The molecule has 2 aromatic heterocycles. The van der Waals surface area contributed by atoms with Crippen molar-refractivity contribution in [2.75, 3.05) is 0 Å². The summed E-state index contributed by atoms with van der Waals surface area (Å²) in [4.78, 5) is 4.76. The number of aryl methyl sites for hydroxylation is 2. The number of benzene rings is 2. The Morgan fingerprint density at radius 3 is 2.55 bits per heavy atom. The van der Waals surface area contributed by atoms with E-state index in [1.54, 1.807) is 0 Å². The van der Waals surface area contributed by atoms with Crippen LogP contribution in [0.4, 0.5) is 0 Å². The number of nitrogens with zero attached hydrogens (tertiary/aromatic N) is 1. The summed E-state index contributed by atoms with van der Waals surface area (Å²) in [5.41, 5.74) is 9.11. The quantitative estimate of drug-likeness (QED) is 0.280. The molecule has 2 nitrogen and oxygen atoms in total. The average molecular weight is 470 g/mol. The molecule has 0 aliphatic heterocycles. The fourth-order valence-corrected chi connectivity index (χ4v) is 4.93. The molecule has 0 unspecified atom stereocenters. The molecule has 154 valence electrons. The Morgan fingerprint density at radius 2 is 1.71 bits per heavy atom. The largest absolute Gasteiger partial charge is 0.456 e. The molecule has 5 rings (SSSR count). The number of halogens is 1. The van der Waals surface area contributed by atoms with Gasteiger partial charge in [0.05, 0.1) is 5.69 Å². The van der Waals surface area contributed by atoms with E-state index in [0.717, 1.165) is 57.3 Å². The van der Waals surface area contributed by atoms with Gasteiger partial charge in [0.2, 0.25) is 0 Å². The summed E-state index contributed by atoms with van der Waals surface area (Å²) in [5, 5.41) is 1.04. The summed E-state index contributed by atoms with van der Waals surface area (Å²) in [7, 11) is 0. The van der Waals surface area contributed by atoms with Gasteiger partial charge in [-0.25, -0.2) is 0 Å². The second-order valence-corrected chi connectivity index (χ2v) is 9.08. The predicted molar refractivity (Wildman–Crippen MR) is 133 cm³/mol. The van der Waals surface area contributed by atoms with Crippen molar-refractivity contribution in [2.24, 2.45) is 0 Å². The van der Waals surface area contributed by atoms with Crippen LogP contribution in [0.25, 0.3) is 39.1 Å². The van der Waals surface area contributed by atoms with Crippen molar-refractivity contribution >= 4 is 32.5 Å². The minimum Gasteiger partial charge on any atom is -0.456 e. The van der Waals surface area contributed by atoms with E-state index >= 15 is 0 Å². The minimum absolute atomic E-state index is 0.862. The van der Waals surface area contributed by atoms with Crippen molar-refractivity contribution in [1.29, 1.82) is 0 Å². The molecule has 0 amide bonds. The first-order valence-electron chi connectivity index (χ1n) is 10.7. The van der Waals surface area contributed by atoms with Crippen molar-refractivity contribution in [2.45, 2.75) is 33.1 Å². The highest BCUT2D eigenvalue weighted by molar-refractivity contribution is 9.10. The second kappa shape index (κ2) is 8.32. The summed E-state index contributed by atoms with van der Waals surface area (Å²) in [5.74, 6) is 0.895. The van der Waals surface area contributed by atoms with Crippen LogP contribution in [-0.4, -0.2) is 4.98 Å². The Bertz CT molecular complexity index is 1320. The first-order valence-corrected chi connectivity index (χ1v) is 11.5. The maximum atomic E-state index is 6.30. The summed E-state index contributed by atoms with van der Waals surface area (Å²) >= 11 is 3.73. The highest BCUT2D eigenvalue weighted by Crippen LogP contribution is 2.37. The summed E-state index contributed by atoms with van der Waals surface area (Å²) < 4.78 is 7.36. The van der Waals surface area contributed by atoms with Crippen molar-refractivity contribution < 1.29 is 4.42 Å². The lowest BCUT2D eigenvalue weighted by Gasteiger charge is -2.10. The summed E-state index contributed by atoms with van der Waals surface area (Å²) in [6.07, 6.45) is 11.9. The van der Waals surface area contributed by atoms with Crippen molar-refractivity contribution in [3.05, 3.63) is 94.1 Å². The van der Waals surface area contributed by atoms with Gasteiger partial charge in [0.25, 0.3) is 0 Å². The van der Waals surface area contributed by atoms with Crippen LogP contribution in [0, 0.1) is 13.8 Å². The maximum absolute atomic E-state index is 6.30. The minimum atomic E-state index is 0.862. The van der Waals surface area contributed by atoms with Gasteiger partial charge >= 0.3 is 0 Å². The molecular formula is C28H24BrNO. The maximum Gasteiger partial charge on any atom is 0.138 e. The zero-order valence-electron chi connectivity index (χ0n) is 17.8. The molecule has 0 atom stereocenters. The Labute approximate surface area is 191 Å². The third-order valence-electron chi connectivity index (χ3n) is 5.94. The smallest absolute Gasteiger partial charge is 0.138 e. The molecular weight excluding hydrogens is 446 g/mol. The van der Waals surface area contributed by atoms with Crippen LogP contribution in [0.15, 0.2) is 81.8 Å². The van der Waals surface area contributed by atoms with Gasteiger partial charge in [-0.15, -0.1) is 0 Å². The van der Waals surface area contributed by atoms with Gasteiger partial charge in [-0.05, 0) is 85.7 Å². The van der Waals surface area contributed by atoms with Crippen LogP contribution in [0.1, 0.15) is 36.0 Å². The van der Waals surface area contributed by atoms with E-state index in [1.807, 2.05) is 12.3 Å². The van der Waals surface area contributed by atoms with Gasteiger partial charge in [0.1, 0.15) is 11.3 Å². The molecule has 31 heavy (non-hydrogen) atoms. The van der Waals surface area contributed by atoms with E-state index in [4.69, 9.17) is 9.40 Å². The number of fused-ring (bicyclic) bond motifs is 1. The Morgan fingerprint density at radius 1 is 0.903 bits per heavy atom. The molecule has 0 fully saturated rings. The number of aromatic nitrogens is 1. The molecule has 0 saturated carbocycles. The van der Waals surface area contributed by atoms with E-state index in [-0.39, 0.29) is 0 Å². The van der Waals surface area contributed by atoms with Crippen molar-refractivity contribution in [3.8, 4) is 22.6 Å². The third kappa shape index (κ3) is 3.90. The van der Waals surface area contributed by atoms with Crippen LogP contribution < -0.4 is 0 Å². The number of allylic oxidation sites excluding steroid dienone is 4. The number of hydrogen-bond acceptors (Lipinski definition) is 2. The lowest BCUT2D eigenvalue weighted by Crippen LogP contribution is -1.89. The molecule has 0 saturated heterocycles. The molecule has 2 heterocycles. The predicted octanol–water partition coefficient (Wildman–Crippen LogP) is 8.66. The first-order chi connectivity index (χ1) is 15.1. The van der Waals surface area contributed by atoms with Crippen LogP contribution in [0.2, 0.25) is 0 Å². The summed E-state index contributed by atoms with van der Waals surface area (Å²) in [6.45, 7) is 4.26. The first kappa shape index (κ1) is 20.0. The molecule has 0 bridgehead atoms. The monoisotopic (exact) mass is 469 g/mol. The SMILES string of the molecule is Cc1cccc(C)c1-c1cc2c(-c3cc(Br)cc(C4=CCCC=CC4)c3)nccc2o1. The molecule has 1 aliphatic rings. The standard InChI is InChI=1S/C28H24BrNO/c1-18-8-7-9-19(2)27(18)26-17-24-25(31-26)12-13-30-28(24)22-14-21(15-23(29)16-22)20-10-5-3-4-6-11-20/h3,5,7-9,11-17H,4,6,10H2,1-2H3. The molecule has 2 aromatic carbocycles. The van der Waals surface area contributed by atoms with E-state index in [1.165, 1.54) is 22.3 Å². The highest BCUT2D eigenvalue weighted by Gasteiger charge is 2.16.